The van der Waals surface area contributed by atoms with Crippen molar-refractivity contribution in [2.24, 2.45) is 0 Å². The summed E-state index contributed by atoms with van der Waals surface area (Å²) in [5, 5.41) is 8.96. The van der Waals surface area contributed by atoms with E-state index in [4.69, 9.17) is 5.11 Å². The van der Waals surface area contributed by atoms with Gasteiger partial charge in [-0.05, 0) is 6.42 Å². The number of unbranched alkanes of at least 4 members (excludes halogenated alkanes) is 2. The van der Waals surface area contributed by atoms with Crippen LogP contribution in [0.25, 0.3) is 0 Å². The van der Waals surface area contributed by atoms with Crippen molar-refractivity contribution in [2.45, 2.75) is 32.2 Å². The Bertz CT molecular complexity index is 355. The zero-order valence-corrected chi connectivity index (χ0v) is 10.4. The van der Waals surface area contributed by atoms with Crippen molar-refractivity contribution in [3.8, 4) is 0 Å². The third-order valence-corrected chi connectivity index (χ3v) is 4.70. The van der Waals surface area contributed by atoms with Gasteiger partial charge in [-0.2, -0.15) is 17.0 Å². The van der Waals surface area contributed by atoms with Gasteiger partial charge in [0.05, 0.1) is 0 Å². The standard InChI is InChI=1S/C9H18N2O4S/c1-3-4-5-6-11-8(9(12)13)7-10(2)16(11,14)15/h8H,3-7H2,1-2H3,(H,12,13). The molecule has 0 bridgehead atoms. The molecule has 1 aliphatic rings. The first-order valence-corrected chi connectivity index (χ1v) is 6.77. The van der Waals surface area contributed by atoms with Gasteiger partial charge in [-0.15, -0.1) is 0 Å². The number of likely N-dealkylation sites (N-methyl/N-ethyl adjacent to an activating group) is 1. The smallest absolute Gasteiger partial charge is 0.323 e. The molecule has 0 saturated carbocycles. The van der Waals surface area contributed by atoms with Gasteiger partial charge < -0.3 is 5.11 Å². The first-order chi connectivity index (χ1) is 7.41. The maximum Gasteiger partial charge on any atom is 0.323 e. The van der Waals surface area contributed by atoms with Crippen LogP contribution in [0.1, 0.15) is 26.2 Å². The molecule has 1 aliphatic heterocycles. The molecule has 0 spiro atoms. The summed E-state index contributed by atoms with van der Waals surface area (Å²) < 4.78 is 25.8. The zero-order chi connectivity index (χ0) is 12.3. The maximum atomic E-state index is 11.8. The van der Waals surface area contributed by atoms with Gasteiger partial charge >= 0.3 is 5.97 Å². The second-order valence-corrected chi connectivity index (χ2v) is 5.95. The summed E-state index contributed by atoms with van der Waals surface area (Å²) in [7, 11) is -2.15. The Hall–Kier alpha value is -0.660. The van der Waals surface area contributed by atoms with Crippen LogP contribution in [0.2, 0.25) is 0 Å². The van der Waals surface area contributed by atoms with Crippen LogP contribution >= 0.6 is 0 Å². The molecule has 0 amide bonds. The molecule has 0 aliphatic carbocycles. The molecular formula is C9H18N2O4S. The largest absolute Gasteiger partial charge is 0.480 e. The third kappa shape index (κ3) is 2.53. The summed E-state index contributed by atoms with van der Waals surface area (Å²) in [5.41, 5.74) is 0. The molecule has 0 radical (unpaired) electrons. The van der Waals surface area contributed by atoms with Crippen molar-refractivity contribution < 1.29 is 18.3 Å². The lowest BCUT2D eigenvalue weighted by Crippen LogP contribution is -2.40. The van der Waals surface area contributed by atoms with Crippen molar-refractivity contribution in [3.63, 3.8) is 0 Å². The Morgan fingerprint density at radius 1 is 1.44 bits per heavy atom. The summed E-state index contributed by atoms with van der Waals surface area (Å²) >= 11 is 0. The molecule has 0 aromatic carbocycles. The van der Waals surface area contributed by atoms with E-state index in [1.165, 1.54) is 7.05 Å². The van der Waals surface area contributed by atoms with Crippen LogP contribution in [0.3, 0.4) is 0 Å². The summed E-state index contributed by atoms with van der Waals surface area (Å²) in [5.74, 6) is -1.08. The first kappa shape index (κ1) is 13.4. The number of carboxylic acid groups (broad SMARTS) is 1. The second-order valence-electron chi connectivity index (χ2n) is 3.96. The fourth-order valence-corrected chi connectivity index (χ4v) is 3.28. The lowest BCUT2D eigenvalue weighted by Gasteiger charge is -2.18. The van der Waals surface area contributed by atoms with Crippen LogP contribution in [0.5, 0.6) is 0 Å². The molecule has 16 heavy (non-hydrogen) atoms. The van der Waals surface area contributed by atoms with Gasteiger partial charge in [-0.25, -0.2) is 0 Å². The maximum absolute atomic E-state index is 11.8. The van der Waals surface area contributed by atoms with Gasteiger partial charge in [0.1, 0.15) is 6.04 Å². The highest BCUT2D eigenvalue weighted by Gasteiger charge is 2.45. The monoisotopic (exact) mass is 250 g/mol. The Morgan fingerprint density at radius 2 is 2.06 bits per heavy atom. The average Bonchev–Trinajstić information content (AvgIpc) is 2.41. The van der Waals surface area contributed by atoms with E-state index in [9.17, 15) is 13.2 Å². The van der Waals surface area contributed by atoms with Gasteiger partial charge in [0, 0.05) is 20.1 Å². The van der Waals surface area contributed by atoms with Crippen molar-refractivity contribution in [3.05, 3.63) is 0 Å². The average molecular weight is 250 g/mol. The number of carbonyl (C=O) groups is 1. The minimum absolute atomic E-state index is 0.0315. The van der Waals surface area contributed by atoms with E-state index in [1.54, 1.807) is 0 Å². The minimum atomic E-state index is -3.55. The van der Waals surface area contributed by atoms with Crippen molar-refractivity contribution in [1.29, 1.82) is 0 Å². The molecule has 1 rings (SSSR count). The number of aliphatic carboxylic acids is 1. The van der Waals surface area contributed by atoms with Gasteiger partial charge in [-0.1, -0.05) is 19.8 Å². The van der Waals surface area contributed by atoms with Crippen LogP contribution in [-0.2, 0) is 15.0 Å². The minimum Gasteiger partial charge on any atom is -0.480 e. The molecule has 6 nitrogen and oxygen atoms in total. The van der Waals surface area contributed by atoms with Crippen LogP contribution in [0.4, 0.5) is 0 Å². The van der Waals surface area contributed by atoms with Crippen LogP contribution in [-0.4, -0.2) is 54.3 Å². The van der Waals surface area contributed by atoms with E-state index in [-0.39, 0.29) is 13.1 Å². The Morgan fingerprint density at radius 3 is 2.56 bits per heavy atom. The molecule has 0 aromatic rings. The first-order valence-electron chi connectivity index (χ1n) is 5.37. The molecule has 0 aromatic heterocycles. The van der Waals surface area contributed by atoms with Gasteiger partial charge in [0.25, 0.3) is 10.2 Å². The number of carboxylic acids is 1. The predicted octanol–water partition coefficient (Wildman–Crippen LogP) is 0.122. The van der Waals surface area contributed by atoms with E-state index in [2.05, 4.69) is 0 Å². The SMILES string of the molecule is CCCCCN1C(C(=O)O)CN(C)S1(=O)=O. The molecule has 1 N–H and O–H groups in total. The van der Waals surface area contributed by atoms with E-state index < -0.39 is 22.2 Å². The Labute approximate surface area is 96.0 Å². The quantitative estimate of drug-likeness (QED) is 0.703. The second kappa shape index (κ2) is 5.11. The Balaban J connectivity index is 2.78. The third-order valence-electron chi connectivity index (χ3n) is 2.74. The lowest BCUT2D eigenvalue weighted by molar-refractivity contribution is -0.141. The van der Waals surface area contributed by atoms with Crippen LogP contribution < -0.4 is 0 Å². The number of nitrogens with zero attached hydrogens (tertiary/aromatic N) is 2. The van der Waals surface area contributed by atoms with Crippen molar-refractivity contribution >= 4 is 16.2 Å². The summed E-state index contributed by atoms with van der Waals surface area (Å²) in [4.78, 5) is 10.9. The van der Waals surface area contributed by atoms with E-state index in [1.807, 2.05) is 6.92 Å². The van der Waals surface area contributed by atoms with Crippen LogP contribution in [0, 0.1) is 0 Å². The molecule has 1 heterocycles. The van der Waals surface area contributed by atoms with E-state index in [0.29, 0.717) is 6.42 Å². The zero-order valence-electron chi connectivity index (χ0n) is 9.59. The summed E-state index contributed by atoms with van der Waals surface area (Å²) in [6.45, 7) is 2.33. The molecular weight excluding hydrogens is 232 g/mol. The van der Waals surface area contributed by atoms with Gasteiger partial charge in [0.2, 0.25) is 0 Å². The fourth-order valence-electron chi connectivity index (χ4n) is 1.76. The molecule has 94 valence electrons. The molecule has 1 fully saturated rings. The van der Waals surface area contributed by atoms with Gasteiger partial charge in [-0.3, -0.25) is 4.79 Å². The summed E-state index contributed by atoms with van der Waals surface area (Å²) in [6.07, 6.45) is 2.58. The number of hydrogen-bond acceptors (Lipinski definition) is 3. The Kier molecular flexibility index (Phi) is 4.28. The van der Waals surface area contributed by atoms with E-state index >= 15 is 0 Å². The predicted molar refractivity (Wildman–Crippen MR) is 59.2 cm³/mol. The number of hydrogen-bond donors (Lipinski definition) is 1. The van der Waals surface area contributed by atoms with Crippen molar-refractivity contribution in [1.82, 2.24) is 8.61 Å². The lowest BCUT2D eigenvalue weighted by atomic mass is 10.2. The molecule has 7 heteroatoms. The van der Waals surface area contributed by atoms with E-state index in [0.717, 1.165) is 21.5 Å². The molecule has 1 unspecified atom stereocenters. The topological polar surface area (TPSA) is 77.9 Å². The van der Waals surface area contributed by atoms with Crippen molar-refractivity contribution in [2.75, 3.05) is 20.1 Å². The summed E-state index contributed by atoms with van der Waals surface area (Å²) in [6, 6.07) is -0.938. The fraction of sp³-hybridized carbons (Fsp3) is 0.889. The van der Waals surface area contributed by atoms with Crippen LogP contribution in [0.15, 0.2) is 0 Å². The highest BCUT2D eigenvalue weighted by molar-refractivity contribution is 7.87. The highest BCUT2D eigenvalue weighted by Crippen LogP contribution is 2.21. The molecule has 1 saturated heterocycles. The number of rotatable bonds is 5. The molecule has 1 atom stereocenters. The van der Waals surface area contributed by atoms with Gasteiger partial charge in [0.15, 0.2) is 0 Å². The normalized spacial score (nSPS) is 26.0. The highest BCUT2D eigenvalue weighted by atomic mass is 32.2.